The number of unbranched alkanes of at least 4 members (excludes halogenated alkanes) is 18. The molecule has 5 nitrogen and oxygen atoms in total. The van der Waals surface area contributed by atoms with Gasteiger partial charge in [0.2, 0.25) is 0 Å². The van der Waals surface area contributed by atoms with Gasteiger partial charge in [-0.25, -0.2) is 0 Å². The lowest BCUT2D eigenvalue weighted by Crippen LogP contribution is -2.30. The van der Waals surface area contributed by atoms with Crippen LogP contribution in [-0.2, 0) is 23.8 Å². The molecule has 1 atom stereocenters. The average molecular weight is 807 g/mol. The van der Waals surface area contributed by atoms with E-state index in [1.54, 1.807) is 0 Å². The van der Waals surface area contributed by atoms with Gasteiger partial charge in [0.1, 0.15) is 6.61 Å². The molecule has 0 aromatic rings. The highest BCUT2D eigenvalue weighted by molar-refractivity contribution is 5.70. The monoisotopic (exact) mass is 807 g/mol. The molecule has 0 heterocycles. The van der Waals surface area contributed by atoms with E-state index in [9.17, 15) is 9.59 Å². The number of allylic oxidation sites excluding steroid dienone is 14. The van der Waals surface area contributed by atoms with E-state index in [1.807, 2.05) is 0 Å². The molecule has 0 aliphatic carbocycles. The van der Waals surface area contributed by atoms with Crippen LogP contribution in [0, 0.1) is 0 Å². The van der Waals surface area contributed by atoms with Gasteiger partial charge in [0.25, 0.3) is 0 Å². The van der Waals surface area contributed by atoms with Crippen molar-refractivity contribution in [1.29, 1.82) is 0 Å². The van der Waals surface area contributed by atoms with E-state index in [1.165, 1.54) is 70.6 Å². The zero-order valence-corrected chi connectivity index (χ0v) is 38.0. The number of hydrogen-bond acceptors (Lipinski definition) is 5. The summed E-state index contributed by atoms with van der Waals surface area (Å²) in [4.78, 5) is 25.3. The van der Waals surface area contributed by atoms with E-state index in [4.69, 9.17) is 14.2 Å². The molecule has 0 N–H and O–H groups in total. The Morgan fingerprint density at radius 3 is 1.31 bits per heavy atom. The van der Waals surface area contributed by atoms with Gasteiger partial charge in [0.05, 0.1) is 6.61 Å². The van der Waals surface area contributed by atoms with Gasteiger partial charge in [-0.3, -0.25) is 9.59 Å². The summed E-state index contributed by atoms with van der Waals surface area (Å²) < 4.78 is 17.3. The second-order valence-corrected chi connectivity index (χ2v) is 15.6. The van der Waals surface area contributed by atoms with Gasteiger partial charge in [-0.1, -0.05) is 176 Å². The first kappa shape index (κ1) is 55.1. The highest BCUT2D eigenvalue weighted by Gasteiger charge is 2.17. The van der Waals surface area contributed by atoms with Gasteiger partial charge < -0.3 is 14.2 Å². The summed E-state index contributed by atoms with van der Waals surface area (Å²) in [5.41, 5.74) is 0. The first-order chi connectivity index (χ1) is 28.6. The van der Waals surface area contributed by atoms with E-state index in [2.05, 4.69) is 106 Å². The highest BCUT2D eigenvalue weighted by Crippen LogP contribution is 2.12. The van der Waals surface area contributed by atoms with E-state index in [-0.39, 0.29) is 25.2 Å². The van der Waals surface area contributed by atoms with Crippen molar-refractivity contribution in [2.45, 2.75) is 219 Å². The molecule has 0 aliphatic rings. The Labute approximate surface area is 359 Å². The molecule has 0 saturated carbocycles. The molecular formula is C53H90O5. The fourth-order valence-corrected chi connectivity index (χ4v) is 6.30. The van der Waals surface area contributed by atoms with Gasteiger partial charge in [-0.15, -0.1) is 0 Å². The number of ether oxygens (including phenoxy) is 3. The topological polar surface area (TPSA) is 61.8 Å². The minimum absolute atomic E-state index is 0.0592. The lowest BCUT2D eigenvalue weighted by molar-refractivity contribution is -0.163. The third kappa shape index (κ3) is 45.8. The molecule has 58 heavy (non-hydrogen) atoms. The van der Waals surface area contributed by atoms with Crippen molar-refractivity contribution in [3.8, 4) is 0 Å². The quantitative estimate of drug-likeness (QED) is 0.0349. The zero-order valence-electron chi connectivity index (χ0n) is 38.0. The van der Waals surface area contributed by atoms with Crippen molar-refractivity contribution in [1.82, 2.24) is 0 Å². The molecule has 0 radical (unpaired) electrons. The lowest BCUT2D eigenvalue weighted by Gasteiger charge is -2.18. The molecule has 0 rings (SSSR count). The smallest absolute Gasteiger partial charge is 0.306 e. The Balaban J connectivity index is 4.36. The first-order valence-electron chi connectivity index (χ1n) is 24.1. The predicted molar refractivity (Wildman–Crippen MR) is 251 cm³/mol. The number of rotatable bonds is 43. The minimum atomic E-state index is -0.563. The van der Waals surface area contributed by atoms with Crippen molar-refractivity contribution in [3.05, 3.63) is 85.1 Å². The summed E-state index contributed by atoms with van der Waals surface area (Å²) >= 11 is 0. The van der Waals surface area contributed by atoms with Crippen LogP contribution < -0.4 is 0 Å². The van der Waals surface area contributed by atoms with Crippen LogP contribution in [0.25, 0.3) is 0 Å². The van der Waals surface area contributed by atoms with E-state index < -0.39 is 6.10 Å². The Kier molecular flexibility index (Phi) is 46.0. The van der Waals surface area contributed by atoms with Crippen molar-refractivity contribution in [3.63, 3.8) is 0 Å². The molecule has 0 spiro atoms. The third-order valence-corrected chi connectivity index (χ3v) is 9.87. The molecule has 1 unspecified atom stereocenters. The highest BCUT2D eigenvalue weighted by atomic mass is 16.6. The van der Waals surface area contributed by atoms with Crippen molar-refractivity contribution in [2.75, 3.05) is 19.8 Å². The van der Waals surface area contributed by atoms with Gasteiger partial charge in [-0.05, 0) is 109 Å². The first-order valence-corrected chi connectivity index (χ1v) is 24.1. The molecule has 0 aliphatic heterocycles. The van der Waals surface area contributed by atoms with Crippen LogP contribution >= 0.6 is 0 Å². The molecule has 0 bridgehead atoms. The van der Waals surface area contributed by atoms with Gasteiger partial charge in [0, 0.05) is 19.4 Å². The fourth-order valence-electron chi connectivity index (χ4n) is 6.30. The standard InChI is InChI=1S/C53H90O5/c1-4-7-10-13-16-19-22-25-27-29-31-34-37-40-43-46-52(54)57-50-51(49-56-48-45-42-39-36-33-30-26-23-20-17-14-11-8-5-2)58-53(55)47-44-41-38-35-32-28-24-21-18-15-12-9-6-3/h8,11-12,15-17,19-21,24-27,30,51H,4-7,9-10,13-14,18,22-23,28-29,31-50H2,1-3H3/b11-8-,15-12-,19-16-,20-17-,24-21-,27-25-,30-26-. The molecule has 332 valence electrons. The summed E-state index contributed by atoms with van der Waals surface area (Å²) in [6.45, 7) is 7.54. The Morgan fingerprint density at radius 1 is 0.397 bits per heavy atom. The lowest BCUT2D eigenvalue weighted by atomic mass is 10.1. The largest absolute Gasteiger partial charge is 0.462 e. The van der Waals surface area contributed by atoms with Gasteiger partial charge in [0.15, 0.2) is 6.10 Å². The van der Waals surface area contributed by atoms with Crippen LogP contribution in [0.15, 0.2) is 85.1 Å². The summed E-state index contributed by atoms with van der Waals surface area (Å²) in [5, 5.41) is 0. The summed E-state index contributed by atoms with van der Waals surface area (Å²) in [6, 6.07) is 0. The van der Waals surface area contributed by atoms with Crippen molar-refractivity contribution in [2.24, 2.45) is 0 Å². The number of carbonyl (C=O) groups excluding carboxylic acids is 2. The Hall–Kier alpha value is -2.92. The zero-order chi connectivity index (χ0) is 42.1. The molecule has 0 fully saturated rings. The molecule has 0 amide bonds. The normalized spacial score (nSPS) is 12.9. The van der Waals surface area contributed by atoms with Crippen LogP contribution in [0.1, 0.15) is 213 Å². The Morgan fingerprint density at radius 2 is 0.810 bits per heavy atom. The second kappa shape index (κ2) is 48.4. The van der Waals surface area contributed by atoms with Crippen LogP contribution in [0.4, 0.5) is 0 Å². The Bertz CT molecular complexity index is 1090. The number of esters is 2. The minimum Gasteiger partial charge on any atom is -0.462 e. The number of hydrogen-bond donors (Lipinski definition) is 0. The predicted octanol–water partition coefficient (Wildman–Crippen LogP) is 16.1. The summed E-state index contributed by atoms with van der Waals surface area (Å²) in [5.74, 6) is -0.446. The maximum atomic E-state index is 12.7. The maximum Gasteiger partial charge on any atom is 0.306 e. The SMILES string of the molecule is CC/C=C\C/C=C\C/C=C\CCCCCCOCC(COC(=O)CCCCCCC/C=C\C/C=C\CCCCC)OC(=O)CCCCCCC/C=C\C/C=C\CCC. The van der Waals surface area contributed by atoms with E-state index in [0.29, 0.717) is 19.4 Å². The van der Waals surface area contributed by atoms with Crippen molar-refractivity contribution < 1.29 is 23.8 Å². The van der Waals surface area contributed by atoms with Crippen LogP contribution in [0.3, 0.4) is 0 Å². The molecule has 0 aromatic carbocycles. The third-order valence-electron chi connectivity index (χ3n) is 9.87. The van der Waals surface area contributed by atoms with Crippen molar-refractivity contribution >= 4 is 11.9 Å². The fraction of sp³-hybridized carbons (Fsp3) is 0.698. The molecule has 0 aromatic heterocycles. The summed E-state index contributed by atoms with van der Waals surface area (Å²) in [7, 11) is 0. The van der Waals surface area contributed by atoms with Crippen LogP contribution in [0.5, 0.6) is 0 Å². The van der Waals surface area contributed by atoms with Crippen LogP contribution in [-0.4, -0.2) is 37.9 Å². The molecule has 0 saturated heterocycles. The van der Waals surface area contributed by atoms with E-state index in [0.717, 1.165) is 109 Å². The maximum absolute atomic E-state index is 12.7. The van der Waals surface area contributed by atoms with Gasteiger partial charge >= 0.3 is 11.9 Å². The average Bonchev–Trinajstić information content (AvgIpc) is 3.22. The molecule has 5 heteroatoms. The second-order valence-electron chi connectivity index (χ2n) is 15.6. The van der Waals surface area contributed by atoms with E-state index >= 15 is 0 Å². The van der Waals surface area contributed by atoms with Crippen LogP contribution in [0.2, 0.25) is 0 Å². The van der Waals surface area contributed by atoms with Gasteiger partial charge in [-0.2, -0.15) is 0 Å². The number of carbonyl (C=O) groups is 2. The molecular weight excluding hydrogens is 717 g/mol. The summed E-state index contributed by atoms with van der Waals surface area (Å²) in [6.07, 6.45) is 63.0.